The fraction of sp³-hybridized carbons (Fsp3) is 0.750. The standard InChI is InChI=1S/C4H10NO2S/c1-3-4-5-8(2,6)7/h3,5H,4H2,1-2H3. The summed E-state index contributed by atoms with van der Waals surface area (Å²) in [6.07, 6.45) is 2.87. The SMILES string of the molecule is C[CH]CNS(C)(=O)=O. The predicted octanol–water partition coefficient (Wildman–Crippen LogP) is -0.240. The van der Waals surface area contributed by atoms with Gasteiger partial charge in [0.15, 0.2) is 0 Å². The van der Waals surface area contributed by atoms with Crippen LogP contribution >= 0.6 is 0 Å². The largest absolute Gasteiger partial charge is 0.215 e. The van der Waals surface area contributed by atoms with E-state index >= 15 is 0 Å². The van der Waals surface area contributed by atoms with E-state index in [0.29, 0.717) is 6.54 Å². The lowest BCUT2D eigenvalue weighted by Gasteiger charge is -1.95. The van der Waals surface area contributed by atoms with Gasteiger partial charge in [-0.3, -0.25) is 0 Å². The van der Waals surface area contributed by atoms with Crippen molar-refractivity contribution in [1.82, 2.24) is 4.72 Å². The molecule has 0 aliphatic heterocycles. The Morgan fingerprint density at radius 2 is 2.12 bits per heavy atom. The van der Waals surface area contributed by atoms with E-state index in [2.05, 4.69) is 4.72 Å². The van der Waals surface area contributed by atoms with Crippen LogP contribution in [0.1, 0.15) is 6.92 Å². The lowest BCUT2D eigenvalue weighted by Crippen LogP contribution is -2.22. The molecule has 3 nitrogen and oxygen atoms in total. The zero-order valence-corrected chi connectivity index (χ0v) is 5.83. The first-order chi connectivity index (χ1) is 3.56. The van der Waals surface area contributed by atoms with Crippen LogP contribution in [-0.4, -0.2) is 21.2 Å². The fourth-order valence-corrected chi connectivity index (χ4v) is 0.704. The van der Waals surface area contributed by atoms with Crippen LogP contribution in [0.25, 0.3) is 0 Å². The first kappa shape index (κ1) is 7.91. The average molecular weight is 136 g/mol. The summed E-state index contributed by atoms with van der Waals surface area (Å²) in [5.41, 5.74) is 0. The molecule has 8 heavy (non-hydrogen) atoms. The van der Waals surface area contributed by atoms with E-state index in [-0.39, 0.29) is 0 Å². The molecule has 0 saturated heterocycles. The normalized spacial score (nSPS) is 11.8. The minimum Gasteiger partial charge on any atom is -0.215 e. The van der Waals surface area contributed by atoms with Crippen LogP contribution in [0, 0.1) is 6.42 Å². The fourth-order valence-electron chi connectivity index (χ4n) is 0.235. The van der Waals surface area contributed by atoms with Gasteiger partial charge in [0, 0.05) is 6.54 Å². The third kappa shape index (κ3) is 5.91. The Kier molecular flexibility index (Phi) is 3.01. The Hall–Kier alpha value is -0.0900. The second kappa shape index (κ2) is 3.04. The Balaban J connectivity index is 3.42. The van der Waals surface area contributed by atoms with Crippen LogP contribution in [0.4, 0.5) is 0 Å². The van der Waals surface area contributed by atoms with E-state index < -0.39 is 10.0 Å². The summed E-state index contributed by atoms with van der Waals surface area (Å²) in [7, 11) is -2.97. The Morgan fingerprint density at radius 1 is 1.62 bits per heavy atom. The summed E-state index contributed by atoms with van der Waals surface area (Å²) >= 11 is 0. The minimum atomic E-state index is -2.97. The van der Waals surface area contributed by atoms with Crippen molar-refractivity contribution in [3.05, 3.63) is 6.42 Å². The van der Waals surface area contributed by atoms with Gasteiger partial charge in [-0.2, -0.15) is 0 Å². The zero-order chi connectivity index (χ0) is 6.62. The topological polar surface area (TPSA) is 46.2 Å². The molecule has 1 radical (unpaired) electrons. The second-order valence-corrected chi connectivity index (χ2v) is 3.36. The highest BCUT2D eigenvalue weighted by Crippen LogP contribution is 1.73. The van der Waals surface area contributed by atoms with E-state index in [1.165, 1.54) is 0 Å². The van der Waals surface area contributed by atoms with Crippen molar-refractivity contribution >= 4 is 10.0 Å². The van der Waals surface area contributed by atoms with E-state index in [9.17, 15) is 8.42 Å². The Labute approximate surface area is 50.1 Å². The summed E-state index contributed by atoms with van der Waals surface area (Å²) < 4.78 is 22.8. The molecule has 0 bridgehead atoms. The van der Waals surface area contributed by atoms with Gasteiger partial charge in [-0.1, -0.05) is 6.92 Å². The molecule has 0 aromatic rings. The molecule has 1 N–H and O–H groups in total. The van der Waals surface area contributed by atoms with Crippen molar-refractivity contribution < 1.29 is 8.42 Å². The molecule has 0 atom stereocenters. The maximum Gasteiger partial charge on any atom is 0.208 e. The maximum absolute atomic E-state index is 10.3. The van der Waals surface area contributed by atoms with Crippen molar-refractivity contribution in [2.45, 2.75) is 6.92 Å². The molecule has 0 rings (SSSR count). The van der Waals surface area contributed by atoms with Gasteiger partial charge in [0.1, 0.15) is 0 Å². The quantitative estimate of drug-likeness (QED) is 0.582. The molecule has 0 heterocycles. The van der Waals surface area contributed by atoms with Gasteiger partial charge in [0.05, 0.1) is 6.26 Å². The summed E-state index contributed by atoms with van der Waals surface area (Å²) in [5, 5.41) is 0. The van der Waals surface area contributed by atoms with Gasteiger partial charge in [0.2, 0.25) is 10.0 Å². The lowest BCUT2D eigenvalue weighted by molar-refractivity contribution is 0.590. The summed E-state index contributed by atoms with van der Waals surface area (Å²) in [4.78, 5) is 0. The summed E-state index contributed by atoms with van der Waals surface area (Å²) in [6.45, 7) is 2.21. The van der Waals surface area contributed by atoms with Crippen LogP contribution < -0.4 is 4.72 Å². The van der Waals surface area contributed by atoms with E-state index in [1.54, 1.807) is 13.3 Å². The molecule has 49 valence electrons. The first-order valence-corrected chi connectivity index (χ1v) is 4.18. The predicted molar refractivity (Wildman–Crippen MR) is 32.8 cm³/mol. The summed E-state index contributed by atoms with van der Waals surface area (Å²) in [5.74, 6) is 0. The second-order valence-electron chi connectivity index (χ2n) is 1.53. The summed E-state index contributed by atoms with van der Waals surface area (Å²) in [6, 6.07) is 0. The van der Waals surface area contributed by atoms with E-state index in [0.717, 1.165) is 6.26 Å². The molecule has 0 aliphatic rings. The van der Waals surface area contributed by atoms with Crippen LogP contribution in [0.15, 0.2) is 0 Å². The van der Waals surface area contributed by atoms with E-state index in [4.69, 9.17) is 0 Å². The third-order valence-electron chi connectivity index (χ3n) is 0.550. The molecule has 0 aromatic heterocycles. The molecule has 0 saturated carbocycles. The third-order valence-corrected chi connectivity index (χ3v) is 1.24. The van der Waals surface area contributed by atoms with Gasteiger partial charge < -0.3 is 0 Å². The Bertz CT molecular complexity index is 138. The monoisotopic (exact) mass is 136 g/mol. The van der Waals surface area contributed by atoms with Gasteiger partial charge in [-0.05, 0) is 6.42 Å². The van der Waals surface area contributed by atoms with Crippen LogP contribution in [0.5, 0.6) is 0 Å². The maximum atomic E-state index is 10.3. The number of sulfonamides is 1. The van der Waals surface area contributed by atoms with Gasteiger partial charge in [0.25, 0.3) is 0 Å². The van der Waals surface area contributed by atoms with Gasteiger partial charge in [-0.15, -0.1) is 0 Å². The van der Waals surface area contributed by atoms with Gasteiger partial charge in [-0.25, -0.2) is 13.1 Å². The zero-order valence-electron chi connectivity index (χ0n) is 5.01. The molecule has 0 unspecified atom stereocenters. The first-order valence-electron chi connectivity index (χ1n) is 2.28. The molecule has 0 aromatic carbocycles. The van der Waals surface area contributed by atoms with E-state index in [1.807, 2.05) is 0 Å². The van der Waals surface area contributed by atoms with Crippen LogP contribution in [-0.2, 0) is 10.0 Å². The number of rotatable bonds is 3. The van der Waals surface area contributed by atoms with Crippen LogP contribution in [0.3, 0.4) is 0 Å². The Morgan fingerprint density at radius 3 is 2.25 bits per heavy atom. The smallest absolute Gasteiger partial charge is 0.208 e. The molecule has 0 fully saturated rings. The number of nitrogens with one attached hydrogen (secondary N) is 1. The molecule has 0 aliphatic carbocycles. The molecular formula is C4H10NO2S. The van der Waals surface area contributed by atoms with Crippen molar-refractivity contribution in [2.24, 2.45) is 0 Å². The molecule has 0 spiro atoms. The van der Waals surface area contributed by atoms with Gasteiger partial charge >= 0.3 is 0 Å². The number of hydrogen-bond acceptors (Lipinski definition) is 2. The minimum absolute atomic E-state index is 0.416. The van der Waals surface area contributed by atoms with Crippen LogP contribution in [0.2, 0.25) is 0 Å². The highest BCUT2D eigenvalue weighted by molar-refractivity contribution is 7.88. The number of hydrogen-bond donors (Lipinski definition) is 1. The molecule has 4 heteroatoms. The highest BCUT2D eigenvalue weighted by atomic mass is 32.2. The molecular weight excluding hydrogens is 126 g/mol. The molecule has 0 amide bonds. The highest BCUT2D eigenvalue weighted by Gasteiger charge is 1.94. The average Bonchev–Trinajstić information content (AvgIpc) is 1.59. The van der Waals surface area contributed by atoms with Crippen molar-refractivity contribution in [3.63, 3.8) is 0 Å². The van der Waals surface area contributed by atoms with Crippen molar-refractivity contribution in [3.8, 4) is 0 Å². The lowest BCUT2D eigenvalue weighted by atomic mass is 10.5. The van der Waals surface area contributed by atoms with Crippen molar-refractivity contribution in [1.29, 1.82) is 0 Å². The van der Waals surface area contributed by atoms with Crippen molar-refractivity contribution in [2.75, 3.05) is 12.8 Å².